The van der Waals surface area contributed by atoms with Crippen molar-refractivity contribution in [1.82, 2.24) is 10.3 Å². The minimum atomic E-state index is -1.42. The van der Waals surface area contributed by atoms with Gasteiger partial charge in [0.25, 0.3) is 11.8 Å². The summed E-state index contributed by atoms with van der Waals surface area (Å²) in [5.74, 6) is -2.49. The lowest BCUT2D eigenvalue weighted by molar-refractivity contribution is -0.117. The Morgan fingerprint density at radius 2 is 1.94 bits per heavy atom. The molecule has 3 aromatic rings. The van der Waals surface area contributed by atoms with Crippen LogP contribution in [0.25, 0.3) is 0 Å². The summed E-state index contributed by atoms with van der Waals surface area (Å²) in [6.07, 6.45) is -0.553. The smallest absolute Gasteiger partial charge is 0.269 e. The van der Waals surface area contributed by atoms with Crippen LogP contribution in [0, 0.1) is 12.7 Å². The van der Waals surface area contributed by atoms with E-state index in [1.807, 2.05) is 6.92 Å². The standard InChI is InChI=1S/C24H19Cl2FN4O4/c1-12-8-16(25)19(17(26)9-12)20-14-4-2-3-5-18(14)29-23(34)21(30-20)31-22(33)15-10-13(27)11-28-24(15)35-7-6-32/h2-5,8-11,21,32H,6-7H2,1H3,(H,29,34)(H,31,33). The second-order valence-electron chi connectivity index (χ2n) is 7.57. The molecule has 2 aromatic carbocycles. The first-order valence-corrected chi connectivity index (χ1v) is 11.2. The quantitative estimate of drug-likeness (QED) is 0.461. The largest absolute Gasteiger partial charge is 0.475 e. The first kappa shape index (κ1) is 24.6. The first-order chi connectivity index (χ1) is 16.8. The number of para-hydroxylation sites is 1. The highest BCUT2D eigenvalue weighted by Gasteiger charge is 2.30. The Bertz CT molecular complexity index is 1330. The van der Waals surface area contributed by atoms with Crippen molar-refractivity contribution in [3.8, 4) is 5.88 Å². The number of hydrogen-bond donors (Lipinski definition) is 3. The fourth-order valence-electron chi connectivity index (χ4n) is 3.53. The Labute approximate surface area is 209 Å². The van der Waals surface area contributed by atoms with Crippen LogP contribution in [0.3, 0.4) is 0 Å². The molecule has 8 nitrogen and oxygen atoms in total. The van der Waals surface area contributed by atoms with Crippen LogP contribution in [-0.2, 0) is 4.79 Å². The summed E-state index contributed by atoms with van der Waals surface area (Å²) in [4.78, 5) is 34.3. The van der Waals surface area contributed by atoms with Crippen molar-refractivity contribution in [2.75, 3.05) is 18.5 Å². The number of nitrogens with one attached hydrogen (secondary N) is 2. The van der Waals surface area contributed by atoms with Crippen molar-refractivity contribution in [1.29, 1.82) is 0 Å². The van der Waals surface area contributed by atoms with Gasteiger partial charge in [0.15, 0.2) is 0 Å². The van der Waals surface area contributed by atoms with Gasteiger partial charge < -0.3 is 20.5 Å². The SMILES string of the molecule is Cc1cc(Cl)c(C2=NC(NC(=O)c3cc(F)cnc3OCCO)C(=O)Nc3ccccc32)c(Cl)c1. The number of ether oxygens (including phenoxy) is 1. The number of aryl methyl sites for hydroxylation is 1. The number of halogens is 3. The predicted molar refractivity (Wildman–Crippen MR) is 130 cm³/mol. The van der Waals surface area contributed by atoms with Gasteiger partial charge in [0.1, 0.15) is 18.0 Å². The topological polar surface area (TPSA) is 113 Å². The van der Waals surface area contributed by atoms with Crippen molar-refractivity contribution in [3.05, 3.63) is 86.8 Å². The van der Waals surface area contributed by atoms with E-state index in [0.29, 0.717) is 26.9 Å². The van der Waals surface area contributed by atoms with Crippen molar-refractivity contribution in [3.63, 3.8) is 0 Å². The number of pyridine rings is 1. The van der Waals surface area contributed by atoms with E-state index in [1.165, 1.54) is 0 Å². The summed E-state index contributed by atoms with van der Waals surface area (Å²) in [5, 5.41) is 14.8. The van der Waals surface area contributed by atoms with Crippen LogP contribution in [0.1, 0.15) is 27.0 Å². The molecule has 0 spiro atoms. The molecule has 2 heterocycles. The number of hydrogen-bond acceptors (Lipinski definition) is 6. The van der Waals surface area contributed by atoms with E-state index in [-0.39, 0.29) is 30.4 Å². The van der Waals surface area contributed by atoms with Crippen molar-refractivity contribution in [2.45, 2.75) is 13.1 Å². The number of carbonyl (C=O) groups is 2. The van der Waals surface area contributed by atoms with Gasteiger partial charge in [-0.3, -0.25) is 9.59 Å². The molecule has 11 heteroatoms. The molecule has 0 aliphatic carbocycles. The molecule has 1 aromatic heterocycles. The predicted octanol–water partition coefficient (Wildman–Crippen LogP) is 3.75. The molecule has 0 radical (unpaired) electrons. The molecular formula is C24H19Cl2FN4O4. The Morgan fingerprint density at radius 1 is 1.23 bits per heavy atom. The van der Waals surface area contributed by atoms with Crippen LogP contribution in [0.15, 0.2) is 53.7 Å². The number of fused-ring (bicyclic) bond motifs is 1. The number of benzene rings is 2. The number of aliphatic imine (C=N–C) groups is 1. The second-order valence-corrected chi connectivity index (χ2v) is 8.38. The summed E-state index contributed by atoms with van der Waals surface area (Å²) < 4.78 is 19.1. The number of aliphatic hydroxyl groups excluding tert-OH is 1. The number of nitrogens with zero attached hydrogens (tertiary/aromatic N) is 2. The van der Waals surface area contributed by atoms with Gasteiger partial charge in [-0.05, 0) is 36.8 Å². The van der Waals surface area contributed by atoms with Gasteiger partial charge in [-0.1, -0.05) is 41.4 Å². The van der Waals surface area contributed by atoms with E-state index in [4.69, 9.17) is 33.0 Å². The molecule has 0 fully saturated rings. The van der Waals surface area contributed by atoms with E-state index >= 15 is 0 Å². The molecule has 1 aliphatic heterocycles. The van der Waals surface area contributed by atoms with Crippen LogP contribution in [-0.4, -0.2) is 47.0 Å². The average molecular weight is 517 g/mol. The number of aliphatic hydroxyl groups is 1. The zero-order chi connectivity index (χ0) is 25.1. The minimum absolute atomic E-state index is 0.162. The summed E-state index contributed by atoms with van der Waals surface area (Å²) in [7, 11) is 0. The van der Waals surface area contributed by atoms with Gasteiger partial charge in [0.2, 0.25) is 12.0 Å². The van der Waals surface area contributed by atoms with Crippen molar-refractivity contribution in [2.24, 2.45) is 4.99 Å². The van der Waals surface area contributed by atoms with Crippen molar-refractivity contribution < 1.29 is 23.8 Å². The van der Waals surface area contributed by atoms with E-state index in [2.05, 4.69) is 20.6 Å². The Hall–Kier alpha value is -3.53. The summed E-state index contributed by atoms with van der Waals surface area (Å²) in [6.45, 7) is 1.34. The summed E-state index contributed by atoms with van der Waals surface area (Å²) in [5.41, 5.74) is 2.23. The first-order valence-electron chi connectivity index (χ1n) is 10.4. The second kappa shape index (κ2) is 10.4. The highest BCUT2D eigenvalue weighted by atomic mass is 35.5. The molecule has 4 rings (SSSR count). The normalized spacial score (nSPS) is 14.9. The maximum atomic E-state index is 13.9. The van der Waals surface area contributed by atoms with E-state index in [9.17, 15) is 14.0 Å². The van der Waals surface area contributed by atoms with Gasteiger partial charge in [0.05, 0.1) is 34.2 Å². The zero-order valence-corrected chi connectivity index (χ0v) is 19.8. The highest BCUT2D eigenvalue weighted by Crippen LogP contribution is 2.33. The van der Waals surface area contributed by atoms with Crippen LogP contribution >= 0.6 is 23.2 Å². The Balaban J connectivity index is 1.78. The fraction of sp³-hybridized carbons (Fsp3) is 0.167. The third-order valence-corrected chi connectivity index (χ3v) is 5.63. The molecule has 3 N–H and O–H groups in total. The number of rotatable bonds is 6. The van der Waals surface area contributed by atoms with Gasteiger partial charge in [-0.15, -0.1) is 0 Å². The molecule has 0 saturated carbocycles. The van der Waals surface area contributed by atoms with E-state index < -0.39 is 23.8 Å². The number of benzodiazepines with no additional fused rings is 1. The third-order valence-electron chi connectivity index (χ3n) is 5.03. The van der Waals surface area contributed by atoms with Crippen molar-refractivity contribution >= 4 is 46.4 Å². The molecule has 180 valence electrons. The maximum Gasteiger partial charge on any atom is 0.269 e. The fourth-order valence-corrected chi connectivity index (χ4v) is 4.30. The Morgan fingerprint density at radius 3 is 2.66 bits per heavy atom. The molecule has 35 heavy (non-hydrogen) atoms. The van der Waals surface area contributed by atoms with Crippen LogP contribution in [0.2, 0.25) is 10.0 Å². The zero-order valence-electron chi connectivity index (χ0n) is 18.3. The van der Waals surface area contributed by atoms with Gasteiger partial charge in [0, 0.05) is 11.1 Å². The molecule has 1 aliphatic rings. The lowest BCUT2D eigenvalue weighted by Gasteiger charge is -2.16. The van der Waals surface area contributed by atoms with Crippen LogP contribution < -0.4 is 15.4 Å². The number of anilines is 1. The minimum Gasteiger partial charge on any atom is -0.475 e. The molecule has 1 atom stereocenters. The van der Waals surface area contributed by atoms with Crippen LogP contribution in [0.4, 0.5) is 10.1 Å². The average Bonchev–Trinajstić information content (AvgIpc) is 2.94. The Kier molecular flexibility index (Phi) is 7.30. The molecule has 0 saturated heterocycles. The van der Waals surface area contributed by atoms with E-state index in [1.54, 1.807) is 36.4 Å². The monoisotopic (exact) mass is 516 g/mol. The molecule has 2 amide bonds. The lowest BCUT2D eigenvalue weighted by Crippen LogP contribution is -2.42. The number of aromatic nitrogens is 1. The van der Waals surface area contributed by atoms with E-state index in [0.717, 1.165) is 17.8 Å². The molecular weight excluding hydrogens is 498 g/mol. The summed E-state index contributed by atoms with van der Waals surface area (Å²) in [6, 6.07) is 11.3. The van der Waals surface area contributed by atoms with Gasteiger partial charge in [-0.25, -0.2) is 14.4 Å². The molecule has 1 unspecified atom stereocenters. The van der Waals surface area contributed by atoms with Crippen LogP contribution in [0.5, 0.6) is 5.88 Å². The number of carbonyl (C=O) groups excluding carboxylic acids is 2. The summed E-state index contributed by atoms with van der Waals surface area (Å²) >= 11 is 13.0. The molecule has 0 bridgehead atoms. The lowest BCUT2D eigenvalue weighted by atomic mass is 9.99. The van der Waals surface area contributed by atoms with Gasteiger partial charge in [-0.2, -0.15) is 0 Å². The number of amides is 2. The van der Waals surface area contributed by atoms with Gasteiger partial charge >= 0.3 is 0 Å². The third kappa shape index (κ3) is 5.27. The highest BCUT2D eigenvalue weighted by molar-refractivity contribution is 6.42. The maximum absolute atomic E-state index is 13.9.